The summed E-state index contributed by atoms with van der Waals surface area (Å²) in [6.07, 6.45) is 0. The molecule has 1 atom stereocenters. The summed E-state index contributed by atoms with van der Waals surface area (Å²) in [6.45, 7) is 6.26. The molecule has 2 aromatic rings. The van der Waals surface area contributed by atoms with E-state index in [4.69, 9.17) is 0 Å². The summed E-state index contributed by atoms with van der Waals surface area (Å²) < 4.78 is 0.920. The van der Waals surface area contributed by atoms with E-state index in [0.717, 1.165) is 15.6 Å². The average Bonchev–Trinajstić information content (AvgIpc) is 2.79. The second kappa shape index (κ2) is 6.64. The van der Waals surface area contributed by atoms with Gasteiger partial charge >= 0.3 is 6.03 Å². The van der Waals surface area contributed by atoms with Crippen molar-refractivity contribution in [3.05, 3.63) is 69.7 Å². The van der Waals surface area contributed by atoms with Gasteiger partial charge in [-0.3, -0.25) is 9.69 Å². The van der Waals surface area contributed by atoms with Crippen molar-refractivity contribution in [2.45, 2.75) is 38.8 Å². The number of imide groups is 1. The molecule has 0 bridgehead atoms. The second-order valence-corrected chi connectivity index (χ2v) is 7.77. The van der Waals surface area contributed by atoms with Gasteiger partial charge in [0.1, 0.15) is 5.54 Å². The number of halogens is 1. The summed E-state index contributed by atoms with van der Waals surface area (Å²) in [7, 11) is 0. The number of amides is 3. The van der Waals surface area contributed by atoms with Crippen LogP contribution >= 0.6 is 15.9 Å². The summed E-state index contributed by atoms with van der Waals surface area (Å²) in [4.78, 5) is 26.7. The molecule has 130 valence electrons. The number of carbonyl (C=O) groups excluding carboxylic acids is 2. The van der Waals surface area contributed by atoms with Crippen molar-refractivity contribution in [2.75, 3.05) is 0 Å². The lowest BCUT2D eigenvalue weighted by atomic mass is 9.90. The Kier molecular flexibility index (Phi) is 4.69. The largest absolute Gasteiger partial charge is 0.325 e. The molecular formula is C20H21BrN2O2. The molecule has 1 heterocycles. The molecule has 0 radical (unpaired) electrons. The first kappa shape index (κ1) is 17.7. The molecule has 5 heteroatoms. The molecule has 0 spiro atoms. The highest BCUT2D eigenvalue weighted by Crippen LogP contribution is 2.31. The fourth-order valence-corrected chi connectivity index (χ4v) is 3.50. The monoisotopic (exact) mass is 400 g/mol. The fourth-order valence-electron chi connectivity index (χ4n) is 3.06. The minimum Gasteiger partial charge on any atom is -0.319 e. The highest BCUT2D eigenvalue weighted by atomic mass is 79.9. The smallest absolute Gasteiger partial charge is 0.319 e. The van der Waals surface area contributed by atoms with Crippen molar-refractivity contribution in [1.29, 1.82) is 0 Å². The number of urea groups is 1. The second-order valence-electron chi connectivity index (χ2n) is 6.85. The molecule has 25 heavy (non-hydrogen) atoms. The van der Waals surface area contributed by atoms with Crippen molar-refractivity contribution in [3.8, 4) is 0 Å². The van der Waals surface area contributed by atoms with Gasteiger partial charge in [-0.2, -0.15) is 0 Å². The highest BCUT2D eigenvalue weighted by molar-refractivity contribution is 9.10. The van der Waals surface area contributed by atoms with E-state index >= 15 is 0 Å². The maximum absolute atomic E-state index is 13.0. The van der Waals surface area contributed by atoms with Gasteiger partial charge in [-0.1, -0.05) is 66.2 Å². The average molecular weight is 401 g/mol. The van der Waals surface area contributed by atoms with Gasteiger partial charge in [-0.15, -0.1) is 0 Å². The van der Waals surface area contributed by atoms with Crippen LogP contribution in [-0.2, 0) is 16.9 Å². The van der Waals surface area contributed by atoms with E-state index in [1.807, 2.05) is 48.5 Å². The Morgan fingerprint density at radius 1 is 1.12 bits per heavy atom. The normalized spacial score (nSPS) is 20.3. The third-order valence-corrected chi connectivity index (χ3v) is 5.15. The molecule has 0 unspecified atom stereocenters. The van der Waals surface area contributed by atoms with Gasteiger partial charge in [0.2, 0.25) is 0 Å². The van der Waals surface area contributed by atoms with E-state index < -0.39 is 5.54 Å². The third kappa shape index (κ3) is 3.33. The summed E-state index contributed by atoms with van der Waals surface area (Å²) in [6, 6.07) is 15.1. The molecule has 1 fully saturated rings. The van der Waals surface area contributed by atoms with E-state index in [9.17, 15) is 9.59 Å². The van der Waals surface area contributed by atoms with Gasteiger partial charge < -0.3 is 5.32 Å². The van der Waals surface area contributed by atoms with Crippen LogP contribution < -0.4 is 5.32 Å². The maximum atomic E-state index is 13.0. The number of nitrogens with one attached hydrogen (secondary N) is 1. The van der Waals surface area contributed by atoms with Gasteiger partial charge in [0.05, 0.1) is 6.54 Å². The summed E-state index contributed by atoms with van der Waals surface area (Å²) in [5.74, 6) is 0.193. The Morgan fingerprint density at radius 2 is 1.80 bits per heavy atom. The zero-order chi connectivity index (χ0) is 18.2. The number of hydrogen-bond donors (Lipinski definition) is 1. The first-order chi connectivity index (χ1) is 11.8. The SMILES string of the molecule is CC(C)c1ccc([C@]2(C)NC(=O)N(Cc3cccc(Br)c3)C2=O)cc1. The Hall–Kier alpha value is -2.14. The van der Waals surface area contributed by atoms with E-state index in [0.29, 0.717) is 5.92 Å². The molecule has 0 aliphatic carbocycles. The van der Waals surface area contributed by atoms with E-state index in [-0.39, 0.29) is 18.5 Å². The molecular weight excluding hydrogens is 380 g/mol. The van der Waals surface area contributed by atoms with E-state index in [1.165, 1.54) is 10.5 Å². The van der Waals surface area contributed by atoms with Crippen molar-refractivity contribution in [3.63, 3.8) is 0 Å². The van der Waals surface area contributed by atoms with Crippen LogP contribution in [-0.4, -0.2) is 16.8 Å². The van der Waals surface area contributed by atoms with Crippen LogP contribution in [0.2, 0.25) is 0 Å². The van der Waals surface area contributed by atoms with Crippen LogP contribution in [0, 0.1) is 0 Å². The highest BCUT2D eigenvalue weighted by Gasteiger charge is 2.48. The number of benzene rings is 2. The molecule has 1 saturated heterocycles. The Balaban J connectivity index is 1.86. The Bertz CT molecular complexity index is 817. The number of rotatable bonds is 4. The van der Waals surface area contributed by atoms with Crippen LogP contribution in [0.25, 0.3) is 0 Å². The molecule has 1 aliphatic heterocycles. The molecule has 0 aromatic heterocycles. The number of carbonyl (C=O) groups is 2. The topological polar surface area (TPSA) is 49.4 Å². The van der Waals surface area contributed by atoms with Gasteiger partial charge in [0.15, 0.2) is 0 Å². The lowest BCUT2D eigenvalue weighted by molar-refractivity contribution is -0.131. The van der Waals surface area contributed by atoms with E-state index in [2.05, 4.69) is 35.1 Å². The number of hydrogen-bond acceptors (Lipinski definition) is 2. The summed E-state index contributed by atoms with van der Waals surface area (Å²) >= 11 is 3.42. The first-order valence-corrected chi connectivity index (χ1v) is 9.09. The maximum Gasteiger partial charge on any atom is 0.325 e. The van der Waals surface area contributed by atoms with Gasteiger partial charge in [-0.25, -0.2) is 4.79 Å². The lowest BCUT2D eigenvalue weighted by Gasteiger charge is -2.23. The zero-order valence-corrected chi connectivity index (χ0v) is 16.1. The van der Waals surface area contributed by atoms with Crippen LogP contribution in [0.4, 0.5) is 4.79 Å². The quantitative estimate of drug-likeness (QED) is 0.765. The van der Waals surface area contributed by atoms with Gasteiger partial charge in [0.25, 0.3) is 5.91 Å². The van der Waals surface area contributed by atoms with Crippen LogP contribution in [0.1, 0.15) is 43.4 Å². The molecule has 3 amide bonds. The summed E-state index contributed by atoms with van der Waals surface area (Å²) in [5.41, 5.74) is 1.87. The predicted octanol–water partition coefficient (Wildman–Crippen LogP) is 4.54. The first-order valence-electron chi connectivity index (χ1n) is 8.30. The molecule has 1 N–H and O–H groups in total. The molecule has 3 rings (SSSR count). The predicted molar refractivity (Wildman–Crippen MR) is 101 cm³/mol. The number of nitrogens with zero attached hydrogens (tertiary/aromatic N) is 1. The van der Waals surface area contributed by atoms with Crippen molar-refractivity contribution in [1.82, 2.24) is 10.2 Å². The Morgan fingerprint density at radius 3 is 2.40 bits per heavy atom. The summed E-state index contributed by atoms with van der Waals surface area (Å²) in [5, 5.41) is 2.86. The standard InChI is InChI=1S/C20H21BrN2O2/c1-13(2)15-7-9-16(10-8-15)20(3)18(24)23(19(25)22-20)12-14-5-4-6-17(21)11-14/h4-11,13H,12H2,1-3H3,(H,22,25)/t20-/m0/s1. The van der Waals surface area contributed by atoms with Gasteiger partial charge in [-0.05, 0) is 41.7 Å². The molecule has 4 nitrogen and oxygen atoms in total. The molecule has 2 aromatic carbocycles. The minimum atomic E-state index is -1.03. The van der Waals surface area contributed by atoms with Crippen LogP contribution in [0.3, 0.4) is 0 Å². The molecule has 0 saturated carbocycles. The third-order valence-electron chi connectivity index (χ3n) is 4.66. The van der Waals surface area contributed by atoms with Crippen LogP contribution in [0.5, 0.6) is 0 Å². The van der Waals surface area contributed by atoms with Crippen LogP contribution in [0.15, 0.2) is 53.0 Å². The Labute approximate surface area is 156 Å². The van der Waals surface area contributed by atoms with Crippen molar-refractivity contribution < 1.29 is 9.59 Å². The minimum absolute atomic E-state index is 0.227. The lowest BCUT2D eigenvalue weighted by Crippen LogP contribution is -2.40. The van der Waals surface area contributed by atoms with Gasteiger partial charge in [0, 0.05) is 4.47 Å². The fraction of sp³-hybridized carbons (Fsp3) is 0.300. The zero-order valence-electron chi connectivity index (χ0n) is 14.5. The molecule has 1 aliphatic rings. The van der Waals surface area contributed by atoms with Crippen molar-refractivity contribution in [2.24, 2.45) is 0 Å². The van der Waals surface area contributed by atoms with Crippen molar-refractivity contribution >= 4 is 27.9 Å². The van der Waals surface area contributed by atoms with E-state index in [1.54, 1.807) is 6.92 Å².